The first-order valence-corrected chi connectivity index (χ1v) is 18.4. The fraction of sp³-hybridized carbons (Fsp3) is 0.524. The Morgan fingerprint density at radius 3 is 1.56 bits per heavy atom. The van der Waals surface area contributed by atoms with Gasteiger partial charge in [-0.25, -0.2) is 4.79 Å². The average molecular weight is 655 g/mol. The number of hydrogen-bond donors (Lipinski definition) is 0. The van der Waals surface area contributed by atoms with Gasteiger partial charge >= 0.3 is 5.97 Å². The number of aldehydes is 1. The van der Waals surface area contributed by atoms with Crippen LogP contribution in [-0.2, 0) is 16.3 Å². The standard InChI is InChI=1S/C42H56NO5/c1-4-5-6-7-8-9-10-11-12-13-14-15-16-17-32-47-38-26-20-35(21-27-38)40(45)48-39-28-24-37(25-29-39)42(3)31-30-41(2,43(42)46)36-22-18-34(33-44)19-23-36/h18-29,33H,4-17,30-32H2,1-3H3/t41-,42-/m0/s1. The van der Waals surface area contributed by atoms with Crippen molar-refractivity contribution in [3.8, 4) is 11.5 Å². The summed E-state index contributed by atoms with van der Waals surface area (Å²) in [5.74, 6) is 0.738. The normalized spacial score (nSPS) is 19.3. The maximum Gasteiger partial charge on any atom is 0.343 e. The molecule has 3 aromatic rings. The second kappa shape index (κ2) is 18.9. The lowest BCUT2D eigenvalue weighted by Crippen LogP contribution is -2.44. The van der Waals surface area contributed by atoms with E-state index in [4.69, 9.17) is 9.47 Å². The molecule has 0 aromatic heterocycles. The van der Waals surface area contributed by atoms with Gasteiger partial charge in [-0.05, 0) is 80.6 Å². The van der Waals surface area contributed by atoms with Gasteiger partial charge in [-0.3, -0.25) is 4.79 Å². The molecule has 1 heterocycles. The number of hydroxylamine groups is 2. The Hall–Kier alpha value is -3.48. The minimum atomic E-state index is -0.733. The van der Waals surface area contributed by atoms with Crippen LogP contribution in [0.2, 0.25) is 0 Å². The third kappa shape index (κ3) is 10.3. The van der Waals surface area contributed by atoms with Crippen molar-refractivity contribution < 1.29 is 24.3 Å². The molecule has 259 valence electrons. The Morgan fingerprint density at radius 2 is 1.08 bits per heavy atom. The lowest BCUT2D eigenvalue weighted by molar-refractivity contribution is -0.260. The summed E-state index contributed by atoms with van der Waals surface area (Å²) in [4.78, 5) is 23.9. The van der Waals surface area contributed by atoms with Gasteiger partial charge in [0, 0.05) is 5.56 Å². The van der Waals surface area contributed by atoms with Crippen molar-refractivity contribution in [3.63, 3.8) is 0 Å². The summed E-state index contributed by atoms with van der Waals surface area (Å²) >= 11 is 0. The molecule has 1 saturated heterocycles. The molecule has 0 saturated carbocycles. The van der Waals surface area contributed by atoms with Crippen LogP contribution >= 0.6 is 0 Å². The predicted octanol–water partition coefficient (Wildman–Crippen LogP) is 11.2. The molecule has 0 aliphatic carbocycles. The molecule has 1 fully saturated rings. The van der Waals surface area contributed by atoms with E-state index in [0.717, 1.165) is 29.6 Å². The number of ether oxygens (including phenoxy) is 2. The van der Waals surface area contributed by atoms with Gasteiger partial charge in [0.1, 0.15) is 17.8 Å². The van der Waals surface area contributed by atoms with Crippen LogP contribution in [0, 0.1) is 0 Å². The van der Waals surface area contributed by atoms with Crippen LogP contribution in [0.4, 0.5) is 0 Å². The molecular formula is C42H56NO5. The largest absolute Gasteiger partial charge is 0.494 e. The first-order chi connectivity index (χ1) is 23.3. The fourth-order valence-electron chi connectivity index (χ4n) is 6.90. The van der Waals surface area contributed by atoms with Crippen LogP contribution in [0.15, 0.2) is 72.8 Å². The summed E-state index contributed by atoms with van der Waals surface area (Å²) in [7, 11) is 0. The summed E-state index contributed by atoms with van der Waals surface area (Å²) in [5, 5.41) is 14.9. The number of esters is 1. The molecule has 48 heavy (non-hydrogen) atoms. The third-order valence-electron chi connectivity index (χ3n) is 10.2. The number of carbonyl (C=O) groups is 2. The Morgan fingerprint density at radius 1 is 0.646 bits per heavy atom. The Kier molecular flexibility index (Phi) is 14.7. The Bertz CT molecular complexity index is 1390. The van der Waals surface area contributed by atoms with Crippen LogP contribution in [0.3, 0.4) is 0 Å². The maximum atomic E-state index is 13.7. The fourth-order valence-corrected chi connectivity index (χ4v) is 6.90. The van der Waals surface area contributed by atoms with Gasteiger partial charge in [-0.1, -0.05) is 127 Å². The van der Waals surface area contributed by atoms with Crippen molar-refractivity contribution in [1.82, 2.24) is 5.06 Å². The van der Waals surface area contributed by atoms with E-state index in [1.165, 1.54) is 88.5 Å². The summed E-state index contributed by atoms with van der Waals surface area (Å²) in [6.07, 6.45) is 20.8. The molecule has 1 radical (unpaired) electrons. The van der Waals surface area contributed by atoms with Crippen molar-refractivity contribution in [2.45, 2.75) is 135 Å². The van der Waals surface area contributed by atoms with Gasteiger partial charge in [0.15, 0.2) is 0 Å². The van der Waals surface area contributed by atoms with Gasteiger partial charge in [0.05, 0.1) is 23.2 Å². The summed E-state index contributed by atoms with van der Waals surface area (Å²) < 4.78 is 11.5. The number of hydrogen-bond acceptors (Lipinski definition) is 5. The van der Waals surface area contributed by atoms with Crippen LogP contribution in [0.25, 0.3) is 0 Å². The monoisotopic (exact) mass is 654 g/mol. The van der Waals surface area contributed by atoms with E-state index < -0.39 is 17.0 Å². The molecule has 4 rings (SSSR count). The molecule has 0 unspecified atom stereocenters. The molecule has 0 N–H and O–H groups in total. The second-order valence-electron chi connectivity index (χ2n) is 14.0. The number of nitrogens with zero attached hydrogens (tertiary/aromatic N) is 1. The Balaban J connectivity index is 1.13. The SMILES string of the molecule is CCCCCCCCCCCCCCCCOc1ccc(C(=O)Oc2ccc([C@]3(C)CC[C@@](C)(c4ccc(C=O)cc4)N3[O])cc2)cc1. The van der Waals surface area contributed by atoms with Crippen LogP contribution in [0.5, 0.6) is 11.5 Å². The van der Waals surface area contributed by atoms with E-state index in [-0.39, 0.29) is 0 Å². The van der Waals surface area contributed by atoms with Crippen LogP contribution < -0.4 is 9.47 Å². The minimum absolute atomic E-state index is 0.424. The average Bonchev–Trinajstić information content (AvgIpc) is 3.36. The van der Waals surface area contributed by atoms with Crippen molar-refractivity contribution in [2.75, 3.05) is 6.61 Å². The van der Waals surface area contributed by atoms with Crippen molar-refractivity contribution >= 4 is 12.3 Å². The van der Waals surface area contributed by atoms with Gasteiger partial charge in [0.25, 0.3) is 0 Å². The number of rotatable bonds is 21. The highest BCUT2D eigenvalue weighted by molar-refractivity contribution is 5.91. The zero-order valence-corrected chi connectivity index (χ0v) is 29.5. The summed E-state index contributed by atoms with van der Waals surface area (Å²) in [6.45, 7) is 6.86. The minimum Gasteiger partial charge on any atom is -0.494 e. The Labute approximate surface area is 288 Å². The predicted molar refractivity (Wildman–Crippen MR) is 192 cm³/mol. The van der Waals surface area contributed by atoms with E-state index in [1.807, 2.05) is 50.2 Å². The molecular weight excluding hydrogens is 598 g/mol. The van der Waals surface area contributed by atoms with Gasteiger partial charge in [0.2, 0.25) is 0 Å². The molecule has 2 atom stereocenters. The molecule has 0 amide bonds. The number of carbonyl (C=O) groups excluding carboxylic acids is 2. The van der Waals surface area contributed by atoms with Crippen LogP contribution in [0.1, 0.15) is 155 Å². The van der Waals surface area contributed by atoms with E-state index in [0.29, 0.717) is 36.3 Å². The smallest absolute Gasteiger partial charge is 0.343 e. The summed E-state index contributed by atoms with van der Waals surface area (Å²) in [6, 6.07) is 21.5. The molecule has 0 spiro atoms. The molecule has 0 bridgehead atoms. The van der Waals surface area contributed by atoms with E-state index in [9.17, 15) is 14.8 Å². The van der Waals surface area contributed by atoms with Gasteiger partial charge in [-0.2, -0.15) is 0 Å². The first kappa shape index (κ1) is 37.3. The zero-order valence-electron chi connectivity index (χ0n) is 29.5. The molecule has 6 heteroatoms. The second-order valence-corrected chi connectivity index (χ2v) is 14.0. The van der Waals surface area contributed by atoms with E-state index >= 15 is 0 Å². The zero-order chi connectivity index (χ0) is 34.2. The molecule has 1 aliphatic rings. The maximum absolute atomic E-state index is 13.7. The van der Waals surface area contributed by atoms with E-state index in [2.05, 4.69) is 6.92 Å². The lowest BCUT2D eigenvalue weighted by Gasteiger charge is -2.37. The van der Waals surface area contributed by atoms with Crippen molar-refractivity contribution in [1.29, 1.82) is 0 Å². The highest BCUT2D eigenvalue weighted by Gasteiger charge is 2.52. The van der Waals surface area contributed by atoms with Crippen molar-refractivity contribution in [2.24, 2.45) is 0 Å². The lowest BCUT2D eigenvalue weighted by atomic mass is 9.89. The number of unbranched alkanes of at least 4 members (excludes halogenated alkanes) is 13. The molecule has 3 aromatic carbocycles. The highest BCUT2D eigenvalue weighted by atomic mass is 16.5. The van der Waals surface area contributed by atoms with Gasteiger partial charge < -0.3 is 9.47 Å². The van der Waals surface area contributed by atoms with E-state index in [1.54, 1.807) is 36.4 Å². The first-order valence-electron chi connectivity index (χ1n) is 18.4. The topological polar surface area (TPSA) is 75.7 Å². The summed E-state index contributed by atoms with van der Waals surface area (Å²) in [5.41, 5.74) is 1.36. The molecule has 6 nitrogen and oxygen atoms in total. The third-order valence-corrected chi connectivity index (χ3v) is 10.2. The van der Waals surface area contributed by atoms with Crippen LogP contribution in [-0.4, -0.2) is 23.9 Å². The molecule has 1 aliphatic heterocycles. The highest BCUT2D eigenvalue weighted by Crippen LogP contribution is 2.51. The van der Waals surface area contributed by atoms with Gasteiger partial charge in [-0.15, -0.1) is 10.3 Å². The number of benzene rings is 3. The van der Waals surface area contributed by atoms with Crippen molar-refractivity contribution in [3.05, 3.63) is 95.1 Å². The quantitative estimate of drug-likeness (QED) is 0.0494.